The summed E-state index contributed by atoms with van der Waals surface area (Å²) in [7, 11) is 8.43. The van der Waals surface area contributed by atoms with E-state index in [2.05, 4.69) is 42.0 Å². The highest BCUT2D eigenvalue weighted by Crippen LogP contribution is 2.37. The molecule has 0 radical (unpaired) electrons. The van der Waals surface area contributed by atoms with Gasteiger partial charge in [0.1, 0.15) is 30.4 Å². The number of nitrogens with one attached hydrogen (secondary N) is 7. The summed E-state index contributed by atoms with van der Waals surface area (Å²) in [4.78, 5) is 127. The number of aliphatic hydroxyl groups excluding tert-OH is 1. The van der Waals surface area contributed by atoms with Crippen molar-refractivity contribution in [3.63, 3.8) is 0 Å². The number of carbonyl (C=O) groups is 9. The Labute approximate surface area is 591 Å². The van der Waals surface area contributed by atoms with Gasteiger partial charge in [0, 0.05) is 52.0 Å². The normalized spacial score (nSPS) is 19.2. The second kappa shape index (κ2) is 40.1. The minimum Gasteiger partial charge on any atom is -0.420 e. The highest BCUT2D eigenvalue weighted by molar-refractivity contribution is 5.98. The lowest BCUT2D eigenvalue weighted by atomic mass is 9.89. The van der Waals surface area contributed by atoms with Gasteiger partial charge in [0.25, 0.3) is 0 Å². The fourth-order valence-corrected chi connectivity index (χ4v) is 13.2. The number of alkyl halides is 3. The predicted octanol–water partition coefficient (Wildman–Crippen LogP) is 5.98. The smallest absolute Gasteiger partial charge is 0.404 e. The van der Waals surface area contributed by atoms with Gasteiger partial charge >= 0.3 is 18.2 Å². The number of anilines is 1. The maximum Gasteiger partial charge on any atom is 0.404 e. The zero-order valence-corrected chi connectivity index (χ0v) is 61.0. The molecule has 0 bridgehead atoms. The van der Waals surface area contributed by atoms with Crippen molar-refractivity contribution in [2.45, 2.75) is 213 Å². The Morgan fingerprint density at radius 1 is 0.716 bits per heavy atom. The number of aliphatic hydroxyl groups is 1. The van der Waals surface area contributed by atoms with Gasteiger partial charge in [-0.3, -0.25) is 53.1 Å². The molecular weight excluding hydrogens is 1360 g/mol. The number of hydrogen-bond donors (Lipinski definition) is 9. The monoisotopic (exact) mass is 1460 g/mol. The molecule has 0 spiro atoms. The first-order valence-electron chi connectivity index (χ1n) is 34.6. The van der Waals surface area contributed by atoms with Crippen molar-refractivity contribution in [1.82, 2.24) is 51.5 Å². The van der Waals surface area contributed by atoms with Crippen LogP contribution in [-0.2, 0) is 54.4 Å². The number of nitrogens with two attached hydrogens (primary N) is 1. The van der Waals surface area contributed by atoms with Crippen LogP contribution in [0, 0.1) is 64.6 Å². The number of esters is 1. The van der Waals surface area contributed by atoms with Crippen molar-refractivity contribution in [1.29, 1.82) is 0 Å². The molecule has 0 aliphatic carbocycles. The predicted molar refractivity (Wildman–Crippen MR) is 361 cm³/mol. The summed E-state index contributed by atoms with van der Waals surface area (Å²) >= 11 is 0. The van der Waals surface area contributed by atoms with Crippen molar-refractivity contribution < 1.29 is 97.6 Å². The summed E-state index contributed by atoms with van der Waals surface area (Å²) in [5.74, 6) is -23.0. The lowest BCUT2D eigenvalue weighted by Crippen LogP contribution is -2.61. The number of primary amides is 1. The molecule has 9 amide bonds. The second-order valence-electron chi connectivity index (χ2n) is 27.8. The Morgan fingerprint density at radius 3 is 1.87 bits per heavy atom. The van der Waals surface area contributed by atoms with E-state index in [1.54, 1.807) is 49.8 Å². The van der Waals surface area contributed by atoms with Crippen molar-refractivity contribution in [2.24, 2.45) is 41.2 Å². The second-order valence-corrected chi connectivity index (χ2v) is 27.8. The molecule has 33 heteroatoms. The molecule has 2 heterocycles. The van der Waals surface area contributed by atoms with Gasteiger partial charge in [0.15, 0.2) is 0 Å². The number of rotatable bonds is 38. The minimum absolute atomic E-state index is 0.00474. The number of hydrogen-bond acceptors (Lipinski definition) is 16. The van der Waals surface area contributed by atoms with E-state index in [9.17, 15) is 83.4 Å². The van der Waals surface area contributed by atoms with Gasteiger partial charge in [-0.05, 0) is 127 Å². The van der Waals surface area contributed by atoms with Crippen LogP contribution in [-0.4, -0.2) is 213 Å². The van der Waals surface area contributed by atoms with Crippen LogP contribution in [0.25, 0.3) is 0 Å². The number of likely N-dealkylation sites (N-methyl/N-ethyl adjacent to an activating group) is 2. The Hall–Kier alpha value is -7.33. The molecule has 102 heavy (non-hydrogen) atoms. The maximum absolute atomic E-state index is 14.5. The fourth-order valence-electron chi connectivity index (χ4n) is 13.2. The highest BCUT2D eigenvalue weighted by Gasteiger charge is 2.49. The number of benzene rings is 2. The number of methoxy groups -OCH3 is 2. The number of nitrogens with zero attached hydrogens (tertiary/aromatic N) is 4. The van der Waals surface area contributed by atoms with Crippen LogP contribution >= 0.6 is 0 Å². The zero-order chi connectivity index (χ0) is 76.9. The first kappa shape index (κ1) is 87.1. The third kappa shape index (κ3) is 24.1. The van der Waals surface area contributed by atoms with Gasteiger partial charge in [-0.25, -0.2) is 18.0 Å². The molecule has 14 atom stereocenters. The molecule has 0 saturated carbocycles. The Bertz CT molecular complexity index is 3120. The van der Waals surface area contributed by atoms with Gasteiger partial charge in [-0.15, -0.1) is 0 Å². The summed E-state index contributed by atoms with van der Waals surface area (Å²) in [6.07, 6.45) is -7.69. The number of carbonyl (C=O) groups excluding carboxylic acids is 9. The van der Waals surface area contributed by atoms with E-state index in [4.69, 9.17) is 15.2 Å². The van der Waals surface area contributed by atoms with Crippen molar-refractivity contribution in [3.8, 4) is 5.75 Å². The van der Waals surface area contributed by atoms with Crippen LogP contribution in [0.4, 0.5) is 45.6 Å². The highest BCUT2D eigenvalue weighted by atomic mass is 19.4. The minimum atomic E-state index is -4.99. The number of halogens is 8. The molecule has 25 nitrogen and oxygen atoms in total. The Morgan fingerprint density at radius 2 is 1.33 bits per heavy atom. The van der Waals surface area contributed by atoms with Gasteiger partial charge < -0.3 is 67.2 Å². The lowest BCUT2D eigenvalue weighted by molar-refractivity contribution is -0.197. The fraction of sp³-hybridized carbons (Fsp3) is 0.696. The van der Waals surface area contributed by atoms with E-state index in [-0.39, 0.29) is 87.0 Å². The van der Waals surface area contributed by atoms with Crippen molar-refractivity contribution >= 4 is 59.0 Å². The molecule has 10 N–H and O–H groups in total. The van der Waals surface area contributed by atoms with E-state index in [1.807, 2.05) is 60.5 Å². The molecule has 3 unspecified atom stereocenters. The molecule has 2 saturated heterocycles. The molecule has 4 rings (SSSR count). The molecule has 2 aliphatic rings. The van der Waals surface area contributed by atoms with Crippen molar-refractivity contribution in [3.05, 3.63) is 58.9 Å². The van der Waals surface area contributed by atoms with E-state index < -0.39 is 186 Å². The number of piperidine rings is 1. The van der Waals surface area contributed by atoms with Crippen LogP contribution in [0.5, 0.6) is 5.75 Å². The summed E-state index contributed by atoms with van der Waals surface area (Å²) in [5.41, 5.74) is 6.06. The third-order valence-electron chi connectivity index (χ3n) is 19.1. The Balaban J connectivity index is 1.33. The number of amides is 9. The molecule has 2 fully saturated rings. The van der Waals surface area contributed by atoms with Crippen molar-refractivity contribution in [2.75, 3.05) is 66.9 Å². The number of likely N-dealkylation sites (tertiary alicyclic amines) is 2. The van der Waals surface area contributed by atoms with E-state index in [1.165, 1.54) is 33.3 Å². The standard InChI is InChI=1S/C69H106F8N12O13/c1-16-38(8)58(87(13)66(97)56(36(4)5)85-65(96)57(37(6)7)86(11)12)46(100-14)33-49(91)89-30-18-21-45(89)59(101-15)39(9)61(92)81-40(10)62(93)80-34-41-23-25-43(26-24-41)82-63(94)44(20-17-28-79-68(78)99)83-64(95)55(35(2)3)84-48(90)22-19-29-88-31-27-42(32-47(88)69(75,76)77)67(98)102-60-53(73)51(71)50(70)52(72)54(60)74/h23-26,35-40,42,44-47,55-59,66,97H,16-22,27-34H2,1-15H3,(H,80,93)(H,81,92)(H,82,94)(H,83,95)(H,84,90)(H,85,96)(H3,78,79,99)/t38-,39+,40-,42?,44-,45-,46+,47?,55-,56-,57-,58-,59+,66?/m0/s1. The molecular formula is C69H106F8N12O13. The first-order valence-corrected chi connectivity index (χ1v) is 34.6. The first-order chi connectivity index (χ1) is 47.7. The SMILES string of the molecule is CC[C@H](C)[C@@H]([C@@H](CC(=O)N1CCC[C@H]1[C@H](OC)[C@@H](C)C(=O)N[C@@H](C)C(=O)NCc1ccc(NC(=O)[C@H](CCCNC(N)=O)NC(=O)[C@@H](NC(=O)CCCN2CCC(C(=O)Oc3c(F)c(F)c(F)c(F)c3F)CC2C(F)(F)F)C(C)C)cc1)OC)N(C)C(O)[C@@H](NC(=O)[C@H](C(C)C)N(C)C)C(C)C. The van der Waals surface area contributed by atoms with Gasteiger partial charge in [-0.2, -0.15) is 22.0 Å². The topological polar surface area (TPSA) is 325 Å². The van der Waals surface area contributed by atoms with Crippen LogP contribution in [0.3, 0.4) is 0 Å². The van der Waals surface area contributed by atoms with Crippen LogP contribution in [0.15, 0.2) is 24.3 Å². The Kier molecular flexibility index (Phi) is 34.2. The van der Waals surface area contributed by atoms with Gasteiger partial charge in [0.05, 0.1) is 48.6 Å². The molecule has 2 aromatic rings. The average molecular weight is 1460 g/mol. The largest absolute Gasteiger partial charge is 0.420 e. The van der Waals surface area contributed by atoms with Crippen LogP contribution in [0.1, 0.15) is 139 Å². The summed E-state index contributed by atoms with van der Waals surface area (Å²) in [6.45, 7) is 17.7. The number of ether oxygens (including phenoxy) is 3. The zero-order valence-electron chi connectivity index (χ0n) is 61.0. The third-order valence-corrected chi connectivity index (χ3v) is 19.1. The number of urea groups is 1. The lowest BCUT2D eigenvalue weighted by Gasteiger charge is -2.44. The maximum atomic E-state index is 14.5. The van der Waals surface area contributed by atoms with E-state index in [0.29, 0.717) is 31.4 Å². The summed E-state index contributed by atoms with van der Waals surface area (Å²) in [5, 5.41) is 31.0. The molecule has 2 aliphatic heterocycles. The van der Waals surface area contributed by atoms with Crippen LogP contribution < -0.4 is 47.7 Å². The quantitative estimate of drug-likeness (QED) is 0.00710. The molecule has 0 aromatic heterocycles. The van der Waals surface area contributed by atoms with Gasteiger partial charge in [0.2, 0.25) is 76.2 Å². The summed E-state index contributed by atoms with van der Waals surface area (Å²) in [6, 6.07) is -2.55. The van der Waals surface area contributed by atoms with Gasteiger partial charge in [-0.1, -0.05) is 80.9 Å². The van der Waals surface area contributed by atoms with E-state index in [0.717, 1.165) is 4.90 Å². The molecule has 576 valence electrons. The molecule has 2 aromatic carbocycles. The average Bonchev–Trinajstić information content (AvgIpc) is 0.967. The van der Waals surface area contributed by atoms with E-state index >= 15 is 0 Å². The van der Waals surface area contributed by atoms with Crippen LogP contribution in [0.2, 0.25) is 0 Å². The summed E-state index contributed by atoms with van der Waals surface area (Å²) < 4.78 is 129.